The summed E-state index contributed by atoms with van der Waals surface area (Å²) in [5.74, 6) is 6.09. The number of thiophene rings is 1. The average molecular weight is 292 g/mol. The van der Waals surface area contributed by atoms with E-state index in [1.54, 1.807) is 11.3 Å². The molecule has 20 heavy (non-hydrogen) atoms. The number of nitrogens with zero attached hydrogens (tertiary/aromatic N) is 2. The average Bonchev–Trinajstić information content (AvgIpc) is 2.82. The minimum atomic E-state index is 0.140. The summed E-state index contributed by atoms with van der Waals surface area (Å²) in [7, 11) is 2.21. The molecule has 0 aliphatic carbocycles. The summed E-state index contributed by atoms with van der Waals surface area (Å²) in [5, 5.41) is 8.73. The molecule has 0 radical (unpaired) electrons. The fraction of sp³-hybridized carbons (Fsp3) is 0.625. The summed E-state index contributed by atoms with van der Waals surface area (Å²) < 4.78 is 0. The standard InChI is InChI=1S/C16H24N2OS/c1-16(2)13-18(10-9-17(16)3)12-15-8-7-14(20-15)6-4-5-11-19/h7-8,19H,5,9-13H2,1-3H3. The Labute approximate surface area is 126 Å². The van der Waals surface area contributed by atoms with Crippen LogP contribution in [0.2, 0.25) is 0 Å². The number of likely N-dealkylation sites (N-methyl/N-ethyl adjacent to an activating group) is 1. The first-order valence-electron chi connectivity index (χ1n) is 7.13. The topological polar surface area (TPSA) is 26.7 Å². The second-order valence-electron chi connectivity index (χ2n) is 5.99. The van der Waals surface area contributed by atoms with E-state index in [-0.39, 0.29) is 12.1 Å². The summed E-state index contributed by atoms with van der Waals surface area (Å²) in [6.45, 7) is 9.13. The van der Waals surface area contributed by atoms with Crippen LogP contribution in [-0.4, -0.2) is 53.7 Å². The van der Waals surface area contributed by atoms with Gasteiger partial charge in [0.15, 0.2) is 0 Å². The molecule has 1 aliphatic rings. The maximum absolute atomic E-state index is 8.73. The third-order valence-electron chi connectivity index (χ3n) is 3.89. The third kappa shape index (κ3) is 4.07. The van der Waals surface area contributed by atoms with E-state index in [0.717, 1.165) is 31.1 Å². The van der Waals surface area contributed by atoms with Crippen molar-refractivity contribution in [1.82, 2.24) is 9.80 Å². The van der Waals surface area contributed by atoms with Gasteiger partial charge in [-0.15, -0.1) is 11.3 Å². The van der Waals surface area contributed by atoms with Crippen LogP contribution >= 0.6 is 11.3 Å². The van der Waals surface area contributed by atoms with E-state index in [0.29, 0.717) is 6.42 Å². The Morgan fingerprint density at radius 2 is 2.15 bits per heavy atom. The molecule has 0 atom stereocenters. The molecular formula is C16H24N2OS. The van der Waals surface area contributed by atoms with Crippen LogP contribution in [0.25, 0.3) is 0 Å². The van der Waals surface area contributed by atoms with Crippen molar-refractivity contribution in [3.63, 3.8) is 0 Å². The molecular weight excluding hydrogens is 268 g/mol. The lowest BCUT2D eigenvalue weighted by atomic mass is 10.00. The molecule has 1 aliphatic heterocycles. The molecule has 0 bridgehead atoms. The van der Waals surface area contributed by atoms with E-state index in [1.807, 2.05) is 0 Å². The van der Waals surface area contributed by atoms with Gasteiger partial charge in [0.05, 0.1) is 11.5 Å². The summed E-state index contributed by atoms with van der Waals surface area (Å²) in [4.78, 5) is 7.43. The number of hydrogen-bond acceptors (Lipinski definition) is 4. The Kier molecular flexibility index (Phi) is 5.22. The maximum Gasteiger partial charge on any atom is 0.0771 e. The second kappa shape index (κ2) is 6.73. The summed E-state index contributed by atoms with van der Waals surface area (Å²) in [6, 6.07) is 4.27. The van der Waals surface area contributed by atoms with Gasteiger partial charge in [-0.2, -0.15) is 0 Å². The molecule has 0 amide bonds. The molecule has 1 fully saturated rings. The van der Waals surface area contributed by atoms with Gasteiger partial charge >= 0.3 is 0 Å². The van der Waals surface area contributed by atoms with Crippen molar-refractivity contribution in [2.24, 2.45) is 0 Å². The maximum atomic E-state index is 8.73. The third-order valence-corrected chi connectivity index (χ3v) is 4.87. The molecule has 110 valence electrons. The molecule has 3 nitrogen and oxygen atoms in total. The zero-order valence-electron chi connectivity index (χ0n) is 12.6. The normalized spacial score (nSPS) is 19.6. The van der Waals surface area contributed by atoms with Crippen LogP contribution < -0.4 is 0 Å². The van der Waals surface area contributed by atoms with Crippen LogP contribution in [0.15, 0.2) is 12.1 Å². The van der Waals surface area contributed by atoms with Gasteiger partial charge < -0.3 is 5.11 Å². The molecule has 0 unspecified atom stereocenters. The van der Waals surface area contributed by atoms with Crippen LogP contribution in [0.1, 0.15) is 30.0 Å². The Morgan fingerprint density at radius 3 is 2.85 bits per heavy atom. The van der Waals surface area contributed by atoms with Gasteiger partial charge in [-0.25, -0.2) is 0 Å². The van der Waals surface area contributed by atoms with Crippen molar-refractivity contribution in [2.45, 2.75) is 32.4 Å². The van der Waals surface area contributed by atoms with Crippen LogP contribution in [0.4, 0.5) is 0 Å². The minimum Gasteiger partial charge on any atom is -0.395 e. The van der Waals surface area contributed by atoms with E-state index in [9.17, 15) is 0 Å². The van der Waals surface area contributed by atoms with Gasteiger partial charge in [-0.05, 0) is 33.0 Å². The lowest BCUT2D eigenvalue weighted by Crippen LogP contribution is -2.57. The van der Waals surface area contributed by atoms with Crippen LogP contribution in [0.3, 0.4) is 0 Å². The first kappa shape index (κ1) is 15.5. The SMILES string of the molecule is CN1CCN(Cc2ccc(C#CCCO)s2)CC1(C)C. The highest BCUT2D eigenvalue weighted by molar-refractivity contribution is 7.12. The zero-order valence-corrected chi connectivity index (χ0v) is 13.5. The summed E-state index contributed by atoms with van der Waals surface area (Å²) in [5.41, 5.74) is 0.249. The molecule has 0 saturated carbocycles. The lowest BCUT2D eigenvalue weighted by Gasteiger charge is -2.45. The summed E-state index contributed by atoms with van der Waals surface area (Å²) >= 11 is 1.77. The monoisotopic (exact) mass is 292 g/mol. The van der Waals surface area contributed by atoms with E-state index < -0.39 is 0 Å². The Hall–Kier alpha value is -0.860. The van der Waals surface area contributed by atoms with E-state index >= 15 is 0 Å². The van der Waals surface area contributed by atoms with E-state index in [1.165, 1.54) is 4.88 Å². The van der Waals surface area contributed by atoms with Crippen LogP contribution in [-0.2, 0) is 6.54 Å². The van der Waals surface area contributed by atoms with Gasteiger partial charge in [0.2, 0.25) is 0 Å². The van der Waals surface area contributed by atoms with Crippen molar-refractivity contribution in [3.8, 4) is 11.8 Å². The molecule has 1 aromatic heterocycles. The zero-order chi connectivity index (χ0) is 14.6. The Bertz CT molecular complexity index is 498. The Morgan fingerprint density at radius 1 is 1.35 bits per heavy atom. The minimum absolute atomic E-state index is 0.140. The molecule has 2 heterocycles. The molecule has 0 aromatic carbocycles. The number of piperazine rings is 1. The summed E-state index contributed by atoms with van der Waals surface area (Å²) in [6.07, 6.45) is 0.555. The molecule has 0 spiro atoms. The van der Waals surface area contributed by atoms with Gasteiger partial charge in [0.1, 0.15) is 0 Å². The quantitative estimate of drug-likeness (QED) is 0.863. The smallest absolute Gasteiger partial charge is 0.0771 e. The molecule has 2 rings (SSSR count). The predicted octanol–water partition coefficient (Wildman–Crippen LogP) is 2.01. The first-order chi connectivity index (χ1) is 9.51. The van der Waals surface area contributed by atoms with Crippen molar-refractivity contribution >= 4 is 11.3 Å². The van der Waals surface area contributed by atoms with Crippen LogP contribution in [0.5, 0.6) is 0 Å². The number of hydrogen-bond donors (Lipinski definition) is 1. The molecule has 1 N–H and O–H groups in total. The van der Waals surface area contributed by atoms with E-state index in [2.05, 4.69) is 54.7 Å². The number of aliphatic hydroxyl groups excluding tert-OH is 1. The molecule has 1 aromatic rings. The van der Waals surface area contributed by atoms with E-state index in [4.69, 9.17) is 5.11 Å². The van der Waals surface area contributed by atoms with Gasteiger partial charge in [0.25, 0.3) is 0 Å². The van der Waals surface area contributed by atoms with Crippen molar-refractivity contribution < 1.29 is 5.11 Å². The molecule has 1 saturated heterocycles. The van der Waals surface area contributed by atoms with Gasteiger partial charge in [-0.1, -0.05) is 11.8 Å². The number of rotatable bonds is 3. The van der Waals surface area contributed by atoms with Crippen molar-refractivity contribution in [3.05, 3.63) is 21.9 Å². The highest BCUT2D eigenvalue weighted by Gasteiger charge is 2.30. The van der Waals surface area contributed by atoms with Gasteiger partial charge in [0, 0.05) is 43.0 Å². The van der Waals surface area contributed by atoms with Crippen LogP contribution in [0, 0.1) is 11.8 Å². The molecule has 4 heteroatoms. The predicted molar refractivity (Wildman–Crippen MR) is 84.9 cm³/mol. The highest BCUT2D eigenvalue weighted by atomic mass is 32.1. The largest absolute Gasteiger partial charge is 0.395 e. The lowest BCUT2D eigenvalue weighted by molar-refractivity contribution is 0.0365. The van der Waals surface area contributed by atoms with Crippen molar-refractivity contribution in [1.29, 1.82) is 0 Å². The van der Waals surface area contributed by atoms with Crippen molar-refractivity contribution in [2.75, 3.05) is 33.3 Å². The van der Waals surface area contributed by atoms with Gasteiger partial charge in [-0.3, -0.25) is 9.80 Å². The number of aliphatic hydroxyl groups is 1. The highest BCUT2D eigenvalue weighted by Crippen LogP contribution is 2.23. The fourth-order valence-electron chi connectivity index (χ4n) is 2.43. The Balaban J connectivity index is 1.93. The second-order valence-corrected chi connectivity index (χ2v) is 7.15. The fourth-order valence-corrected chi connectivity index (χ4v) is 3.36. The first-order valence-corrected chi connectivity index (χ1v) is 7.95.